The van der Waals surface area contributed by atoms with E-state index in [0.717, 1.165) is 48.6 Å². The van der Waals surface area contributed by atoms with E-state index in [2.05, 4.69) is 35.5 Å². The van der Waals surface area contributed by atoms with E-state index in [1.54, 1.807) is 4.90 Å². The van der Waals surface area contributed by atoms with Gasteiger partial charge in [0.2, 0.25) is 5.91 Å². The Morgan fingerprint density at radius 3 is 2.64 bits per heavy atom. The number of halogens is 1. The molecule has 0 N–H and O–H groups in total. The normalized spacial score (nSPS) is 22.0. The van der Waals surface area contributed by atoms with Gasteiger partial charge in [-0.15, -0.1) is 10.2 Å². The maximum absolute atomic E-state index is 12.0. The summed E-state index contributed by atoms with van der Waals surface area (Å²) in [6, 6.07) is 5.79. The standard InChI is InChI=1S/C21H26ClN4O2/c1-13(2)28-18-7-4-15(5-8-18)21-24-23-20-12-25(14(3)27)11-16-10-17(22)6-9-19(16)26(20)21/h6,9-10,13,15,18H,3-5,7-8,11-12H2,1-2H3. The van der Waals surface area contributed by atoms with Crippen molar-refractivity contribution in [1.29, 1.82) is 0 Å². The van der Waals surface area contributed by atoms with Crippen molar-refractivity contribution in [3.63, 3.8) is 0 Å². The molecule has 0 spiro atoms. The highest BCUT2D eigenvalue weighted by molar-refractivity contribution is 6.30. The van der Waals surface area contributed by atoms with Crippen LogP contribution in [-0.4, -0.2) is 37.8 Å². The van der Waals surface area contributed by atoms with Crippen molar-refractivity contribution in [3.05, 3.63) is 47.4 Å². The number of rotatable bonds is 3. The lowest BCUT2D eigenvalue weighted by Gasteiger charge is -2.29. The molecule has 1 saturated carbocycles. The summed E-state index contributed by atoms with van der Waals surface area (Å²) in [5.74, 6) is 1.85. The van der Waals surface area contributed by atoms with Gasteiger partial charge in [-0.1, -0.05) is 11.6 Å². The lowest BCUT2D eigenvalue weighted by Crippen LogP contribution is -2.27. The third-order valence-electron chi connectivity index (χ3n) is 5.59. The van der Waals surface area contributed by atoms with Crippen LogP contribution in [0.1, 0.15) is 62.7 Å². The molecule has 0 unspecified atom stereocenters. The molecule has 0 bridgehead atoms. The van der Waals surface area contributed by atoms with E-state index in [4.69, 9.17) is 16.3 Å². The number of aromatic nitrogens is 3. The van der Waals surface area contributed by atoms with E-state index in [0.29, 0.717) is 30.1 Å². The van der Waals surface area contributed by atoms with Crippen LogP contribution in [0.3, 0.4) is 0 Å². The van der Waals surface area contributed by atoms with Crippen molar-refractivity contribution in [1.82, 2.24) is 19.7 Å². The molecule has 0 atom stereocenters. The van der Waals surface area contributed by atoms with Crippen LogP contribution in [-0.2, 0) is 22.6 Å². The van der Waals surface area contributed by atoms with Crippen molar-refractivity contribution in [2.45, 2.75) is 70.7 Å². The second-order valence-electron chi connectivity index (χ2n) is 7.99. The first-order valence-corrected chi connectivity index (χ1v) is 10.3. The summed E-state index contributed by atoms with van der Waals surface area (Å²) in [4.78, 5) is 13.7. The Balaban J connectivity index is 1.67. The molecule has 149 valence electrons. The zero-order valence-corrected chi connectivity index (χ0v) is 17.2. The van der Waals surface area contributed by atoms with E-state index in [1.807, 2.05) is 18.2 Å². The smallest absolute Gasteiger partial charge is 0.223 e. The van der Waals surface area contributed by atoms with Gasteiger partial charge < -0.3 is 9.64 Å². The fourth-order valence-corrected chi connectivity index (χ4v) is 4.50. The van der Waals surface area contributed by atoms with Gasteiger partial charge in [-0.25, -0.2) is 0 Å². The molecule has 1 fully saturated rings. The zero-order chi connectivity index (χ0) is 19.8. The fourth-order valence-electron chi connectivity index (χ4n) is 4.31. The number of amides is 1. The maximum atomic E-state index is 12.0. The second kappa shape index (κ2) is 7.84. The highest BCUT2D eigenvalue weighted by Crippen LogP contribution is 2.37. The molecule has 1 amide bonds. The Morgan fingerprint density at radius 1 is 1.21 bits per heavy atom. The lowest BCUT2D eigenvalue weighted by molar-refractivity contribution is -0.127. The van der Waals surface area contributed by atoms with Crippen molar-refractivity contribution in [3.8, 4) is 5.69 Å². The monoisotopic (exact) mass is 401 g/mol. The number of benzene rings is 1. The first-order chi connectivity index (χ1) is 13.4. The number of hydrogen-bond acceptors (Lipinski definition) is 4. The summed E-state index contributed by atoms with van der Waals surface area (Å²) in [7, 11) is 0. The molecule has 7 heteroatoms. The Bertz CT molecular complexity index is 871. The van der Waals surface area contributed by atoms with E-state index < -0.39 is 0 Å². The van der Waals surface area contributed by atoms with Crippen LogP contribution >= 0.6 is 11.6 Å². The number of ether oxygens (including phenoxy) is 1. The first-order valence-electron chi connectivity index (χ1n) is 9.91. The Kier molecular flexibility index (Phi) is 5.43. The topological polar surface area (TPSA) is 60.2 Å². The van der Waals surface area contributed by atoms with Crippen molar-refractivity contribution >= 4 is 17.5 Å². The SMILES string of the molecule is [CH2]C(=O)N1Cc2cc(Cl)ccc2-n2c(nnc2C2CCC(OC(C)C)CC2)C1. The average molecular weight is 402 g/mol. The van der Waals surface area contributed by atoms with Gasteiger partial charge in [0.1, 0.15) is 5.82 Å². The second-order valence-corrected chi connectivity index (χ2v) is 8.43. The van der Waals surface area contributed by atoms with Gasteiger partial charge in [-0.05, 0) is 63.3 Å². The minimum atomic E-state index is -0.227. The summed E-state index contributed by atoms with van der Waals surface area (Å²) in [5.41, 5.74) is 1.99. The van der Waals surface area contributed by atoms with Gasteiger partial charge in [-0.2, -0.15) is 0 Å². The highest BCUT2D eigenvalue weighted by Gasteiger charge is 2.31. The quantitative estimate of drug-likeness (QED) is 0.778. The van der Waals surface area contributed by atoms with Crippen LogP contribution in [0.4, 0.5) is 0 Å². The number of nitrogens with zero attached hydrogens (tertiary/aromatic N) is 4. The van der Waals surface area contributed by atoms with Gasteiger partial charge in [0.15, 0.2) is 5.82 Å². The molecule has 6 nitrogen and oxygen atoms in total. The number of hydrogen-bond donors (Lipinski definition) is 0. The highest BCUT2D eigenvalue weighted by atomic mass is 35.5. The predicted molar refractivity (Wildman–Crippen MR) is 107 cm³/mol. The predicted octanol–water partition coefficient (Wildman–Crippen LogP) is 4.05. The van der Waals surface area contributed by atoms with Crippen LogP contribution < -0.4 is 0 Å². The molecule has 1 aromatic carbocycles. The zero-order valence-electron chi connectivity index (χ0n) is 16.4. The van der Waals surface area contributed by atoms with Crippen LogP contribution in [0.25, 0.3) is 5.69 Å². The summed E-state index contributed by atoms with van der Waals surface area (Å²) < 4.78 is 8.12. The Hall–Kier alpha value is -1.92. The molecule has 28 heavy (non-hydrogen) atoms. The minimum Gasteiger partial charge on any atom is -0.376 e. The summed E-state index contributed by atoms with van der Waals surface area (Å²) in [6.45, 7) is 8.62. The molecule has 1 aliphatic carbocycles. The molecule has 1 aliphatic heterocycles. The summed E-state index contributed by atoms with van der Waals surface area (Å²) in [6.07, 6.45) is 4.69. The number of carbonyl (C=O) groups excluding carboxylic acids is 1. The molecule has 2 aromatic rings. The van der Waals surface area contributed by atoms with Gasteiger partial charge in [0.25, 0.3) is 0 Å². The lowest BCUT2D eigenvalue weighted by atomic mass is 9.86. The molecule has 2 aliphatic rings. The van der Waals surface area contributed by atoms with E-state index in [9.17, 15) is 4.79 Å². The van der Waals surface area contributed by atoms with Gasteiger partial charge in [0.05, 0.1) is 24.4 Å². The maximum Gasteiger partial charge on any atom is 0.223 e. The molecular weight excluding hydrogens is 376 g/mol. The minimum absolute atomic E-state index is 0.227. The van der Waals surface area contributed by atoms with Crippen molar-refractivity contribution in [2.75, 3.05) is 0 Å². The van der Waals surface area contributed by atoms with Crippen LogP contribution in [0.15, 0.2) is 18.2 Å². The van der Waals surface area contributed by atoms with Gasteiger partial charge in [0, 0.05) is 24.4 Å². The van der Waals surface area contributed by atoms with Gasteiger partial charge in [-0.3, -0.25) is 9.36 Å². The van der Waals surface area contributed by atoms with E-state index >= 15 is 0 Å². The Labute approximate surface area is 170 Å². The summed E-state index contributed by atoms with van der Waals surface area (Å²) >= 11 is 6.23. The van der Waals surface area contributed by atoms with E-state index in [-0.39, 0.29) is 12.0 Å². The summed E-state index contributed by atoms with van der Waals surface area (Å²) in [5, 5.41) is 9.64. The Morgan fingerprint density at radius 2 is 1.96 bits per heavy atom. The molecule has 2 heterocycles. The molecule has 1 radical (unpaired) electrons. The van der Waals surface area contributed by atoms with Crippen LogP contribution in [0.2, 0.25) is 5.02 Å². The third kappa shape index (κ3) is 3.80. The molecule has 1 aromatic heterocycles. The van der Waals surface area contributed by atoms with Crippen molar-refractivity contribution in [2.24, 2.45) is 0 Å². The number of fused-ring (bicyclic) bond motifs is 3. The molecule has 4 rings (SSSR count). The number of carbonyl (C=O) groups is 1. The first kappa shape index (κ1) is 19.4. The molecule has 0 saturated heterocycles. The largest absolute Gasteiger partial charge is 0.376 e. The van der Waals surface area contributed by atoms with E-state index in [1.165, 1.54) is 0 Å². The molecular formula is C21H26ClN4O2. The third-order valence-corrected chi connectivity index (χ3v) is 5.82. The van der Waals surface area contributed by atoms with Gasteiger partial charge >= 0.3 is 0 Å². The van der Waals surface area contributed by atoms with Crippen LogP contribution in [0.5, 0.6) is 0 Å². The average Bonchev–Trinajstić information content (AvgIpc) is 2.97. The van der Waals surface area contributed by atoms with Crippen LogP contribution in [0, 0.1) is 6.92 Å². The fraction of sp³-hybridized carbons (Fsp3) is 0.524. The van der Waals surface area contributed by atoms with Crippen molar-refractivity contribution < 1.29 is 9.53 Å².